The number of alkyl halides is 3. The third kappa shape index (κ3) is 5.97. The number of benzene rings is 2. The van der Waals surface area contributed by atoms with E-state index in [9.17, 15) is 26.4 Å². The summed E-state index contributed by atoms with van der Waals surface area (Å²) in [6.45, 7) is 4.00. The molecular weight excluding hydrogens is 495 g/mol. The lowest BCUT2D eigenvalue weighted by Crippen LogP contribution is -2.49. The molecule has 0 bridgehead atoms. The number of fused-ring (bicyclic) bond motifs is 1. The van der Waals surface area contributed by atoms with E-state index in [1.165, 1.54) is 28.6 Å². The van der Waals surface area contributed by atoms with E-state index < -0.39 is 27.4 Å². The first-order valence-electron chi connectivity index (χ1n) is 11.5. The summed E-state index contributed by atoms with van der Waals surface area (Å²) < 4.78 is 72.8. The van der Waals surface area contributed by atoms with E-state index in [0.717, 1.165) is 18.7 Å². The number of likely N-dealkylation sites (N-methyl/N-ethyl adjacent to an activating group) is 1. The minimum atomic E-state index is -4.69. The molecule has 1 saturated heterocycles. The molecule has 0 N–H and O–H groups in total. The van der Waals surface area contributed by atoms with Crippen LogP contribution in [-0.4, -0.2) is 75.9 Å². The Hall–Kier alpha value is -2.73. The minimum absolute atomic E-state index is 0.137. The molecule has 3 aromatic rings. The molecule has 7 nitrogen and oxygen atoms in total. The molecule has 194 valence electrons. The zero-order valence-electron chi connectivity index (χ0n) is 20.1. The number of nitrogens with zero attached hydrogens (tertiary/aromatic N) is 3. The van der Waals surface area contributed by atoms with Crippen LogP contribution in [0.2, 0.25) is 0 Å². The van der Waals surface area contributed by atoms with Gasteiger partial charge in [-0.25, -0.2) is 13.2 Å². The summed E-state index contributed by atoms with van der Waals surface area (Å²) in [6, 6.07) is 11.1. The van der Waals surface area contributed by atoms with Crippen LogP contribution in [0.5, 0.6) is 0 Å². The van der Waals surface area contributed by atoms with Gasteiger partial charge < -0.3 is 9.32 Å². The van der Waals surface area contributed by atoms with Crippen molar-refractivity contribution < 1.29 is 26.0 Å². The standard InChI is InChI=1S/C25H28F3N3O4S/c1-29(2)9-10-30-11-13-31(14-12-30)36(33,34)20-6-3-18(4-7-20)15-19-5-8-23-21(16-19)22(25(26,27)28)17-24(32)35-23/h3-8,16-17H,9-15H2,1-2H3. The van der Waals surface area contributed by atoms with Crippen molar-refractivity contribution in [1.29, 1.82) is 0 Å². The second-order valence-electron chi connectivity index (χ2n) is 9.18. The van der Waals surface area contributed by atoms with Gasteiger partial charge >= 0.3 is 11.8 Å². The largest absolute Gasteiger partial charge is 0.423 e. The fourth-order valence-corrected chi connectivity index (χ4v) is 5.68. The van der Waals surface area contributed by atoms with Crippen LogP contribution < -0.4 is 5.63 Å². The van der Waals surface area contributed by atoms with Gasteiger partial charge in [-0.2, -0.15) is 17.5 Å². The molecule has 36 heavy (non-hydrogen) atoms. The molecule has 1 aliphatic rings. The maximum Gasteiger partial charge on any atom is 0.417 e. The Labute approximate surface area is 207 Å². The molecule has 1 aromatic heterocycles. The number of hydrogen-bond donors (Lipinski definition) is 0. The SMILES string of the molecule is CN(C)CCN1CCN(S(=O)(=O)c2ccc(Cc3ccc4oc(=O)cc(C(F)(F)F)c4c3)cc2)CC1. The smallest absolute Gasteiger partial charge is 0.417 e. The first-order valence-corrected chi connectivity index (χ1v) is 13.0. The summed E-state index contributed by atoms with van der Waals surface area (Å²) in [4.78, 5) is 16.0. The van der Waals surface area contributed by atoms with Crippen LogP contribution in [0, 0.1) is 0 Å². The Balaban J connectivity index is 1.47. The van der Waals surface area contributed by atoms with Crippen molar-refractivity contribution in [3.05, 3.63) is 75.6 Å². The van der Waals surface area contributed by atoms with Crippen LogP contribution in [0.1, 0.15) is 16.7 Å². The fraction of sp³-hybridized carbons (Fsp3) is 0.400. The van der Waals surface area contributed by atoms with E-state index in [2.05, 4.69) is 9.80 Å². The molecular formula is C25H28F3N3O4S. The number of piperazine rings is 1. The van der Waals surface area contributed by atoms with Gasteiger partial charge in [-0.15, -0.1) is 0 Å². The van der Waals surface area contributed by atoms with E-state index in [4.69, 9.17) is 4.42 Å². The molecule has 1 aliphatic heterocycles. The van der Waals surface area contributed by atoms with E-state index in [0.29, 0.717) is 37.8 Å². The Morgan fingerprint density at radius 1 is 0.944 bits per heavy atom. The zero-order valence-corrected chi connectivity index (χ0v) is 20.9. The quantitative estimate of drug-likeness (QED) is 0.443. The fourth-order valence-electron chi connectivity index (χ4n) is 4.25. The molecule has 0 radical (unpaired) electrons. The van der Waals surface area contributed by atoms with Gasteiger partial charge in [-0.05, 0) is 55.9 Å². The van der Waals surface area contributed by atoms with Crippen molar-refractivity contribution in [3.63, 3.8) is 0 Å². The highest BCUT2D eigenvalue weighted by Gasteiger charge is 2.34. The lowest BCUT2D eigenvalue weighted by atomic mass is 10.0. The molecule has 0 atom stereocenters. The predicted octanol–water partition coefficient (Wildman–Crippen LogP) is 3.27. The van der Waals surface area contributed by atoms with Crippen LogP contribution in [0.3, 0.4) is 0 Å². The monoisotopic (exact) mass is 523 g/mol. The van der Waals surface area contributed by atoms with Gasteiger partial charge in [0.05, 0.1) is 10.5 Å². The Bertz CT molecular complexity index is 1380. The molecule has 2 heterocycles. The normalized spacial score (nSPS) is 16.2. The molecule has 0 spiro atoms. The Kier molecular flexibility index (Phi) is 7.56. The van der Waals surface area contributed by atoms with Gasteiger partial charge in [0.1, 0.15) is 5.58 Å². The maximum absolute atomic E-state index is 13.4. The third-order valence-electron chi connectivity index (χ3n) is 6.28. The molecule has 4 rings (SSSR count). The van der Waals surface area contributed by atoms with Crippen LogP contribution in [0.15, 0.2) is 62.6 Å². The van der Waals surface area contributed by atoms with Gasteiger partial charge in [0.25, 0.3) is 0 Å². The maximum atomic E-state index is 13.4. The van der Waals surface area contributed by atoms with Gasteiger partial charge in [0.2, 0.25) is 10.0 Å². The molecule has 0 amide bonds. The van der Waals surface area contributed by atoms with Crippen molar-refractivity contribution in [2.75, 3.05) is 53.4 Å². The lowest BCUT2D eigenvalue weighted by molar-refractivity contribution is -0.136. The van der Waals surface area contributed by atoms with Crippen LogP contribution in [0.25, 0.3) is 11.0 Å². The minimum Gasteiger partial charge on any atom is -0.423 e. The van der Waals surface area contributed by atoms with Crippen LogP contribution in [0.4, 0.5) is 13.2 Å². The molecule has 0 aliphatic carbocycles. The number of sulfonamides is 1. The number of rotatable bonds is 7. The highest BCUT2D eigenvalue weighted by Crippen LogP contribution is 2.34. The van der Waals surface area contributed by atoms with Gasteiger partial charge in [-0.1, -0.05) is 18.2 Å². The van der Waals surface area contributed by atoms with Gasteiger partial charge in [0.15, 0.2) is 0 Å². The number of halogens is 3. The third-order valence-corrected chi connectivity index (χ3v) is 8.19. The van der Waals surface area contributed by atoms with Crippen molar-refractivity contribution in [3.8, 4) is 0 Å². The molecule has 0 unspecified atom stereocenters. The van der Waals surface area contributed by atoms with Gasteiger partial charge in [0, 0.05) is 50.7 Å². The van der Waals surface area contributed by atoms with Crippen molar-refractivity contribution >= 4 is 21.0 Å². The van der Waals surface area contributed by atoms with Crippen LogP contribution >= 0.6 is 0 Å². The summed E-state index contributed by atoms with van der Waals surface area (Å²) in [6.07, 6.45) is -4.40. The molecule has 0 saturated carbocycles. The summed E-state index contributed by atoms with van der Waals surface area (Å²) in [5.74, 6) is 0. The van der Waals surface area contributed by atoms with E-state index in [1.54, 1.807) is 18.2 Å². The highest BCUT2D eigenvalue weighted by molar-refractivity contribution is 7.89. The van der Waals surface area contributed by atoms with Crippen molar-refractivity contribution in [1.82, 2.24) is 14.1 Å². The predicted molar refractivity (Wildman–Crippen MR) is 130 cm³/mol. The second kappa shape index (κ2) is 10.3. The Morgan fingerprint density at radius 2 is 1.58 bits per heavy atom. The van der Waals surface area contributed by atoms with Crippen LogP contribution in [-0.2, 0) is 22.6 Å². The zero-order chi connectivity index (χ0) is 26.1. The second-order valence-corrected chi connectivity index (χ2v) is 11.1. The topological polar surface area (TPSA) is 74.1 Å². The Morgan fingerprint density at radius 3 is 2.19 bits per heavy atom. The summed E-state index contributed by atoms with van der Waals surface area (Å²) in [5.41, 5.74) is -0.922. The first-order chi connectivity index (χ1) is 16.9. The van der Waals surface area contributed by atoms with E-state index in [1.807, 2.05) is 14.1 Å². The highest BCUT2D eigenvalue weighted by atomic mass is 32.2. The molecule has 11 heteroatoms. The van der Waals surface area contributed by atoms with Crippen molar-refractivity contribution in [2.45, 2.75) is 17.5 Å². The average Bonchev–Trinajstić information content (AvgIpc) is 2.82. The average molecular weight is 524 g/mol. The summed E-state index contributed by atoms with van der Waals surface area (Å²) in [7, 11) is 0.375. The van der Waals surface area contributed by atoms with E-state index >= 15 is 0 Å². The lowest BCUT2D eigenvalue weighted by Gasteiger charge is -2.34. The summed E-state index contributed by atoms with van der Waals surface area (Å²) in [5, 5.41) is -0.191. The summed E-state index contributed by atoms with van der Waals surface area (Å²) >= 11 is 0. The van der Waals surface area contributed by atoms with Crippen molar-refractivity contribution in [2.24, 2.45) is 0 Å². The van der Waals surface area contributed by atoms with E-state index in [-0.39, 0.29) is 22.3 Å². The molecule has 1 fully saturated rings. The number of hydrogen-bond acceptors (Lipinski definition) is 6. The van der Waals surface area contributed by atoms with Gasteiger partial charge in [-0.3, -0.25) is 4.90 Å². The molecule has 2 aromatic carbocycles. The first kappa shape index (κ1) is 26.3.